The summed E-state index contributed by atoms with van der Waals surface area (Å²) in [6.45, 7) is 3.12. The maximum absolute atomic E-state index is 13.6. The molecule has 1 fully saturated rings. The lowest BCUT2D eigenvalue weighted by molar-refractivity contribution is -0.123. The third-order valence-corrected chi connectivity index (χ3v) is 8.54. The smallest absolute Gasteiger partial charge is 0.419 e. The van der Waals surface area contributed by atoms with E-state index in [1.807, 2.05) is 71.3 Å². The topological polar surface area (TPSA) is 114 Å². The first-order chi connectivity index (χ1) is 21.5. The van der Waals surface area contributed by atoms with Gasteiger partial charge < -0.3 is 23.8 Å². The maximum atomic E-state index is 13.6. The summed E-state index contributed by atoms with van der Waals surface area (Å²) in [5.41, 5.74) is 3.38. The molecule has 5 heterocycles. The van der Waals surface area contributed by atoms with Crippen molar-refractivity contribution in [3.63, 3.8) is 0 Å². The summed E-state index contributed by atoms with van der Waals surface area (Å²) in [6.07, 6.45) is 5.27. The monoisotopic (exact) mass is 594 g/mol. The predicted molar refractivity (Wildman–Crippen MR) is 164 cm³/mol. The number of rotatable bonds is 4. The fourth-order valence-electron chi connectivity index (χ4n) is 6.31. The van der Waals surface area contributed by atoms with Gasteiger partial charge in [-0.3, -0.25) is 19.1 Å². The Labute approximate surface area is 253 Å². The van der Waals surface area contributed by atoms with Crippen molar-refractivity contribution >= 4 is 28.6 Å². The molecule has 1 saturated heterocycles. The van der Waals surface area contributed by atoms with Crippen LogP contribution in [-0.4, -0.2) is 80.9 Å². The highest BCUT2D eigenvalue weighted by molar-refractivity contribution is 5.93. The summed E-state index contributed by atoms with van der Waals surface area (Å²) in [6, 6.07) is 20.7. The first kappa shape index (κ1) is 27.9. The number of fused-ring (bicyclic) bond motifs is 6. The van der Waals surface area contributed by atoms with Crippen LogP contribution in [0.3, 0.4) is 0 Å². The molecule has 0 radical (unpaired) electrons. The van der Waals surface area contributed by atoms with Gasteiger partial charge in [-0.15, -0.1) is 0 Å². The van der Waals surface area contributed by atoms with Gasteiger partial charge in [-0.2, -0.15) is 0 Å². The number of carbonyl (C=O) groups is 2. The third kappa shape index (κ3) is 5.70. The molecule has 11 heteroatoms. The molecule has 2 aliphatic heterocycles. The van der Waals surface area contributed by atoms with Crippen molar-refractivity contribution in [3.05, 3.63) is 101 Å². The molecular formula is C33H34N6O5. The number of nitrogens with zero attached hydrogens (tertiary/aromatic N) is 5. The van der Waals surface area contributed by atoms with Crippen molar-refractivity contribution < 1.29 is 18.7 Å². The van der Waals surface area contributed by atoms with Crippen molar-refractivity contribution in [1.82, 2.24) is 29.1 Å². The van der Waals surface area contributed by atoms with E-state index in [2.05, 4.69) is 15.2 Å². The zero-order valence-electron chi connectivity index (χ0n) is 24.3. The Morgan fingerprint density at radius 2 is 1.86 bits per heavy atom. The molecule has 44 heavy (non-hydrogen) atoms. The normalized spacial score (nSPS) is 19.8. The molecule has 3 aromatic heterocycles. The number of pyridine rings is 1. The lowest BCUT2D eigenvalue weighted by atomic mass is 9.94. The molecule has 11 nitrogen and oxygen atoms in total. The van der Waals surface area contributed by atoms with Crippen molar-refractivity contribution in [2.45, 2.75) is 31.3 Å². The quantitative estimate of drug-likeness (QED) is 0.340. The second-order valence-electron chi connectivity index (χ2n) is 11.5. The molecule has 226 valence electrons. The molecule has 0 unspecified atom stereocenters. The van der Waals surface area contributed by atoms with E-state index in [9.17, 15) is 14.4 Å². The molecular weight excluding hydrogens is 560 g/mol. The molecule has 2 aromatic carbocycles. The highest BCUT2D eigenvalue weighted by atomic mass is 16.5. The fraction of sp³-hybridized carbons (Fsp3) is 0.333. The SMILES string of the molecule is O=C1CN(CCn2c(=O)oc3ccccc32)CCCCOc2cccc(c2)[C@H]2CN(C(=O)c3cn4ccccc4n3)C[C@@H]2N1. The van der Waals surface area contributed by atoms with Gasteiger partial charge in [0.2, 0.25) is 5.91 Å². The third-order valence-electron chi connectivity index (χ3n) is 8.54. The van der Waals surface area contributed by atoms with E-state index >= 15 is 0 Å². The van der Waals surface area contributed by atoms with Gasteiger partial charge in [0.15, 0.2) is 5.58 Å². The highest BCUT2D eigenvalue weighted by Crippen LogP contribution is 2.31. The lowest BCUT2D eigenvalue weighted by Gasteiger charge is -2.25. The summed E-state index contributed by atoms with van der Waals surface area (Å²) in [5, 5.41) is 3.24. The van der Waals surface area contributed by atoms with Gasteiger partial charge in [0.25, 0.3) is 5.91 Å². The van der Waals surface area contributed by atoms with Crippen LogP contribution in [0, 0.1) is 0 Å². The predicted octanol–water partition coefficient (Wildman–Crippen LogP) is 3.14. The Bertz CT molecular complexity index is 1840. The van der Waals surface area contributed by atoms with E-state index in [4.69, 9.17) is 9.15 Å². The number of hydrogen-bond acceptors (Lipinski definition) is 7. The zero-order valence-corrected chi connectivity index (χ0v) is 24.3. The van der Waals surface area contributed by atoms with Crippen LogP contribution in [-0.2, 0) is 11.3 Å². The first-order valence-corrected chi connectivity index (χ1v) is 15.1. The van der Waals surface area contributed by atoms with Crippen LogP contribution in [0.25, 0.3) is 16.7 Å². The number of oxazole rings is 1. The van der Waals surface area contributed by atoms with Crippen LogP contribution in [0.15, 0.2) is 88.3 Å². The Morgan fingerprint density at radius 1 is 0.977 bits per heavy atom. The number of carbonyl (C=O) groups excluding carboxylic acids is 2. The lowest BCUT2D eigenvalue weighted by Crippen LogP contribution is -2.46. The van der Waals surface area contributed by atoms with Crippen molar-refractivity contribution in [3.8, 4) is 5.75 Å². The number of hydrogen-bond donors (Lipinski definition) is 1. The number of nitrogens with one attached hydrogen (secondary N) is 1. The molecule has 1 N–H and O–H groups in total. The first-order valence-electron chi connectivity index (χ1n) is 15.1. The van der Waals surface area contributed by atoms with Crippen molar-refractivity contribution in [1.29, 1.82) is 0 Å². The number of aromatic nitrogens is 3. The van der Waals surface area contributed by atoms with Crippen LogP contribution < -0.4 is 15.8 Å². The molecule has 2 atom stereocenters. The van der Waals surface area contributed by atoms with Gasteiger partial charge in [-0.1, -0.05) is 30.3 Å². The molecule has 2 bridgehead atoms. The second kappa shape index (κ2) is 12.0. The summed E-state index contributed by atoms with van der Waals surface area (Å²) >= 11 is 0. The Hall–Kier alpha value is -4.90. The average Bonchev–Trinajstić information content (AvgIpc) is 3.74. The number of para-hydroxylation sites is 2. The van der Waals surface area contributed by atoms with Crippen LogP contribution in [0.5, 0.6) is 5.75 Å². The van der Waals surface area contributed by atoms with Crippen molar-refractivity contribution in [2.75, 3.05) is 39.3 Å². The largest absolute Gasteiger partial charge is 0.494 e. The van der Waals surface area contributed by atoms with E-state index < -0.39 is 5.76 Å². The van der Waals surface area contributed by atoms with Crippen LogP contribution in [0.2, 0.25) is 0 Å². The molecule has 7 rings (SSSR count). The molecule has 5 aromatic rings. The van der Waals surface area contributed by atoms with Gasteiger partial charge >= 0.3 is 5.76 Å². The van der Waals surface area contributed by atoms with E-state index in [1.165, 1.54) is 0 Å². The minimum absolute atomic E-state index is 0.115. The summed E-state index contributed by atoms with van der Waals surface area (Å²) < 4.78 is 14.9. The molecule has 0 aliphatic carbocycles. The van der Waals surface area contributed by atoms with E-state index in [1.54, 1.807) is 21.7 Å². The highest BCUT2D eigenvalue weighted by Gasteiger charge is 2.38. The Kier molecular flexibility index (Phi) is 7.61. The minimum atomic E-state index is -0.406. The number of amides is 2. The van der Waals surface area contributed by atoms with Gasteiger partial charge in [0.05, 0.1) is 24.7 Å². The maximum Gasteiger partial charge on any atom is 0.419 e. The fourth-order valence-corrected chi connectivity index (χ4v) is 6.31. The van der Waals surface area contributed by atoms with Gasteiger partial charge in [0.1, 0.15) is 17.1 Å². The molecule has 2 aliphatic rings. The Balaban J connectivity index is 1.11. The van der Waals surface area contributed by atoms with E-state index in [-0.39, 0.29) is 30.3 Å². The zero-order chi connectivity index (χ0) is 30.0. The molecule has 0 saturated carbocycles. The van der Waals surface area contributed by atoms with Crippen molar-refractivity contribution in [2.24, 2.45) is 0 Å². The summed E-state index contributed by atoms with van der Waals surface area (Å²) in [4.78, 5) is 48.1. The van der Waals surface area contributed by atoms with Gasteiger partial charge in [-0.25, -0.2) is 9.78 Å². The minimum Gasteiger partial charge on any atom is -0.494 e. The Morgan fingerprint density at radius 3 is 2.77 bits per heavy atom. The van der Waals surface area contributed by atoms with Crippen LogP contribution >= 0.6 is 0 Å². The van der Waals surface area contributed by atoms with Gasteiger partial charge in [-0.05, 0) is 61.3 Å². The van der Waals surface area contributed by atoms with Gasteiger partial charge in [0, 0.05) is 44.5 Å². The number of benzene rings is 2. The summed E-state index contributed by atoms with van der Waals surface area (Å²) in [5.74, 6) is -0.0268. The summed E-state index contributed by atoms with van der Waals surface area (Å²) in [7, 11) is 0. The van der Waals surface area contributed by atoms with E-state index in [0.717, 1.165) is 29.7 Å². The van der Waals surface area contributed by atoms with Crippen LogP contribution in [0.1, 0.15) is 34.8 Å². The average molecular weight is 595 g/mol. The number of likely N-dealkylation sites (tertiary alicyclic amines) is 1. The molecule has 2 amide bonds. The molecule has 0 spiro atoms. The number of ether oxygens (including phenoxy) is 1. The standard InChI is InChI=1S/C33H34N6O5/c40-31-22-36(15-16-39-28-10-1-2-11-29(28)44-33(39)42)13-5-6-17-43-24-9-7-8-23(18-24)25-19-38(20-26(25)35-31)32(41)27-21-37-14-4-3-12-30(37)34-27/h1-4,7-12,14,18,21,25-26H,5-6,13,15-17,19-20,22H2,(H,35,40)/t25-,26+/m1/s1. The second-order valence-corrected chi connectivity index (χ2v) is 11.5. The number of imidazole rings is 1. The van der Waals surface area contributed by atoms with Crippen LogP contribution in [0.4, 0.5) is 0 Å². The van der Waals surface area contributed by atoms with E-state index in [0.29, 0.717) is 56.3 Å².